The molecule has 0 unspecified atom stereocenters. The standard InChI is InChI=1S/C27H24ClFN4S/c1-16-17(2)32(22-8-6-7-19(28)15-22)18(3)24(16)26-25(23-9-4-5-14-30-23)31-27(34)33(26)21-12-10-20(29)11-13-21/h4-15,25-26H,1-3H3,(H,31,34)/t25-,26+/m1/s1. The van der Waals surface area contributed by atoms with Gasteiger partial charge in [-0.15, -0.1) is 0 Å². The Labute approximate surface area is 209 Å². The Balaban J connectivity index is 1.73. The second kappa shape index (κ2) is 8.85. The van der Waals surface area contributed by atoms with Gasteiger partial charge in [-0.2, -0.15) is 0 Å². The quantitative estimate of drug-likeness (QED) is 0.320. The lowest BCUT2D eigenvalue weighted by molar-refractivity contribution is 0.563. The number of anilines is 1. The van der Waals surface area contributed by atoms with Crippen molar-refractivity contribution in [1.29, 1.82) is 0 Å². The van der Waals surface area contributed by atoms with E-state index in [9.17, 15) is 4.39 Å². The monoisotopic (exact) mass is 490 g/mol. The van der Waals surface area contributed by atoms with Gasteiger partial charge in [0.25, 0.3) is 0 Å². The molecule has 2 aromatic carbocycles. The summed E-state index contributed by atoms with van der Waals surface area (Å²) in [4.78, 5) is 6.71. The van der Waals surface area contributed by atoms with E-state index >= 15 is 0 Å². The number of benzene rings is 2. The zero-order valence-electron chi connectivity index (χ0n) is 19.1. The third kappa shape index (κ3) is 3.77. The first-order valence-electron chi connectivity index (χ1n) is 11.1. The summed E-state index contributed by atoms with van der Waals surface area (Å²) in [7, 11) is 0. The summed E-state index contributed by atoms with van der Waals surface area (Å²) < 4.78 is 16.0. The lowest BCUT2D eigenvalue weighted by Gasteiger charge is -2.29. The second-order valence-corrected chi connectivity index (χ2v) is 9.32. The molecule has 1 aliphatic heterocycles. The molecule has 7 heteroatoms. The van der Waals surface area contributed by atoms with Crippen LogP contribution in [0, 0.1) is 26.6 Å². The van der Waals surface area contributed by atoms with Gasteiger partial charge in [0.2, 0.25) is 0 Å². The average molecular weight is 491 g/mol. The predicted molar refractivity (Wildman–Crippen MR) is 139 cm³/mol. The molecule has 5 rings (SSSR count). The fourth-order valence-corrected chi connectivity index (χ4v) is 5.50. The average Bonchev–Trinajstić information content (AvgIpc) is 3.27. The van der Waals surface area contributed by atoms with Crippen LogP contribution in [0.15, 0.2) is 72.9 Å². The molecule has 4 nitrogen and oxygen atoms in total. The van der Waals surface area contributed by atoms with Crippen LogP contribution in [0.25, 0.3) is 5.69 Å². The Morgan fingerprint density at radius 1 is 0.941 bits per heavy atom. The fourth-order valence-electron chi connectivity index (χ4n) is 4.97. The zero-order valence-corrected chi connectivity index (χ0v) is 20.7. The van der Waals surface area contributed by atoms with Crippen molar-refractivity contribution in [3.8, 4) is 5.69 Å². The maximum absolute atomic E-state index is 13.7. The summed E-state index contributed by atoms with van der Waals surface area (Å²) >= 11 is 12.1. The Kier molecular flexibility index (Phi) is 5.88. The Morgan fingerprint density at radius 2 is 1.71 bits per heavy atom. The van der Waals surface area contributed by atoms with E-state index in [4.69, 9.17) is 23.8 Å². The van der Waals surface area contributed by atoms with E-state index in [2.05, 4.69) is 46.6 Å². The molecule has 3 heterocycles. The molecule has 1 aliphatic rings. The molecule has 172 valence electrons. The minimum atomic E-state index is -0.282. The van der Waals surface area contributed by atoms with Gasteiger partial charge in [-0.05, 0) is 93.1 Å². The first-order chi connectivity index (χ1) is 16.4. The van der Waals surface area contributed by atoms with Crippen LogP contribution < -0.4 is 10.2 Å². The topological polar surface area (TPSA) is 33.1 Å². The number of thiocarbonyl (C=S) groups is 1. The molecule has 4 aromatic rings. The van der Waals surface area contributed by atoms with E-state index in [0.717, 1.165) is 34.0 Å². The van der Waals surface area contributed by atoms with E-state index in [1.165, 1.54) is 17.7 Å². The van der Waals surface area contributed by atoms with Gasteiger partial charge in [-0.25, -0.2) is 4.39 Å². The van der Waals surface area contributed by atoms with E-state index in [1.54, 1.807) is 18.3 Å². The lowest BCUT2D eigenvalue weighted by Crippen LogP contribution is -2.29. The summed E-state index contributed by atoms with van der Waals surface area (Å²) in [5.74, 6) is -0.282. The second-order valence-electron chi connectivity index (χ2n) is 8.50. The van der Waals surface area contributed by atoms with E-state index in [-0.39, 0.29) is 17.9 Å². The van der Waals surface area contributed by atoms with Gasteiger partial charge in [-0.1, -0.05) is 23.7 Å². The number of hydrogen-bond acceptors (Lipinski definition) is 2. The molecular formula is C27H24ClFN4S. The largest absolute Gasteiger partial charge is 0.351 e. The van der Waals surface area contributed by atoms with Gasteiger partial charge in [0.15, 0.2) is 5.11 Å². The van der Waals surface area contributed by atoms with E-state index in [1.807, 2.05) is 36.4 Å². The molecule has 2 atom stereocenters. The summed E-state index contributed by atoms with van der Waals surface area (Å²) in [5, 5.41) is 4.75. The fraction of sp³-hybridized carbons (Fsp3) is 0.185. The smallest absolute Gasteiger partial charge is 0.174 e. The highest BCUT2D eigenvalue weighted by atomic mass is 35.5. The van der Waals surface area contributed by atoms with Gasteiger partial charge >= 0.3 is 0 Å². The Hall–Kier alpha value is -3.22. The number of halogens is 2. The molecule has 1 saturated heterocycles. The first kappa shape index (κ1) is 22.6. The van der Waals surface area contributed by atoms with Crippen molar-refractivity contribution in [3.05, 3.63) is 112 Å². The molecule has 0 amide bonds. The van der Waals surface area contributed by atoms with Gasteiger partial charge in [0.05, 0.1) is 17.8 Å². The van der Waals surface area contributed by atoms with Gasteiger partial charge < -0.3 is 14.8 Å². The van der Waals surface area contributed by atoms with Gasteiger partial charge in [0.1, 0.15) is 5.82 Å². The van der Waals surface area contributed by atoms with Crippen LogP contribution >= 0.6 is 23.8 Å². The van der Waals surface area contributed by atoms with Crippen molar-refractivity contribution >= 4 is 34.6 Å². The van der Waals surface area contributed by atoms with Crippen LogP contribution in [0.1, 0.15) is 40.3 Å². The molecule has 1 N–H and O–H groups in total. The highest BCUT2D eigenvalue weighted by Crippen LogP contribution is 2.45. The molecular weight excluding hydrogens is 467 g/mol. The minimum Gasteiger partial charge on any atom is -0.351 e. The van der Waals surface area contributed by atoms with Crippen molar-refractivity contribution in [1.82, 2.24) is 14.9 Å². The summed E-state index contributed by atoms with van der Waals surface area (Å²) in [5.41, 5.74) is 7.29. The van der Waals surface area contributed by atoms with Gasteiger partial charge in [0, 0.05) is 39.5 Å². The van der Waals surface area contributed by atoms with Crippen molar-refractivity contribution in [3.63, 3.8) is 0 Å². The number of aromatic nitrogens is 2. The molecule has 1 fully saturated rings. The molecule has 0 radical (unpaired) electrons. The van der Waals surface area contributed by atoms with Crippen molar-refractivity contribution in [2.45, 2.75) is 32.9 Å². The number of pyridine rings is 1. The van der Waals surface area contributed by atoms with Crippen molar-refractivity contribution in [2.24, 2.45) is 0 Å². The van der Waals surface area contributed by atoms with E-state index in [0.29, 0.717) is 10.1 Å². The molecule has 0 bridgehead atoms. The first-order valence-corrected chi connectivity index (χ1v) is 11.9. The van der Waals surface area contributed by atoms with Crippen LogP contribution in [0.2, 0.25) is 5.02 Å². The van der Waals surface area contributed by atoms with E-state index < -0.39 is 0 Å². The summed E-state index contributed by atoms with van der Waals surface area (Å²) in [6, 6.07) is 19.9. The third-order valence-corrected chi connectivity index (χ3v) is 7.12. The van der Waals surface area contributed by atoms with Gasteiger partial charge in [-0.3, -0.25) is 4.98 Å². The van der Waals surface area contributed by atoms with Crippen LogP contribution in [0.3, 0.4) is 0 Å². The molecule has 0 spiro atoms. The minimum absolute atomic E-state index is 0.174. The van der Waals surface area contributed by atoms with Crippen LogP contribution in [0.4, 0.5) is 10.1 Å². The van der Waals surface area contributed by atoms with Crippen molar-refractivity contribution in [2.75, 3.05) is 4.90 Å². The Morgan fingerprint density at radius 3 is 2.38 bits per heavy atom. The highest BCUT2D eigenvalue weighted by Gasteiger charge is 2.43. The number of hydrogen-bond donors (Lipinski definition) is 1. The molecule has 0 aliphatic carbocycles. The number of nitrogens with one attached hydrogen (secondary N) is 1. The zero-order chi connectivity index (χ0) is 24.0. The third-order valence-electron chi connectivity index (χ3n) is 6.57. The number of rotatable bonds is 4. The summed E-state index contributed by atoms with van der Waals surface area (Å²) in [6.07, 6.45) is 1.79. The van der Waals surface area contributed by atoms with Crippen molar-refractivity contribution < 1.29 is 4.39 Å². The normalized spacial score (nSPS) is 17.8. The SMILES string of the molecule is Cc1c([C@H]2[C@@H](c3ccccn3)NC(=S)N2c2ccc(F)cc2)c(C)n(-c2cccc(Cl)c2)c1C. The summed E-state index contributed by atoms with van der Waals surface area (Å²) in [6.45, 7) is 6.37. The maximum atomic E-state index is 13.7. The Bertz CT molecular complexity index is 1370. The predicted octanol–water partition coefficient (Wildman–Crippen LogP) is 6.77. The van der Waals surface area contributed by atoms with Crippen LogP contribution in [0.5, 0.6) is 0 Å². The molecule has 34 heavy (non-hydrogen) atoms. The molecule has 2 aromatic heterocycles. The van der Waals surface area contributed by atoms with Crippen LogP contribution in [-0.2, 0) is 0 Å². The lowest BCUT2D eigenvalue weighted by atomic mass is 9.93. The highest BCUT2D eigenvalue weighted by molar-refractivity contribution is 7.80. The number of nitrogens with zero attached hydrogens (tertiary/aromatic N) is 3. The van der Waals surface area contributed by atoms with Crippen LogP contribution in [-0.4, -0.2) is 14.7 Å². The molecule has 0 saturated carbocycles. The maximum Gasteiger partial charge on any atom is 0.174 e.